The van der Waals surface area contributed by atoms with Gasteiger partial charge in [-0.05, 0) is 43.2 Å². The molecule has 0 unspecified atom stereocenters. The number of hydrogen-bond acceptors (Lipinski definition) is 3. The van der Waals surface area contributed by atoms with Crippen LogP contribution in [0.4, 0.5) is 5.82 Å². The van der Waals surface area contributed by atoms with Crippen LogP contribution in [-0.4, -0.2) is 19.4 Å². The maximum atomic E-state index is 6.33. The van der Waals surface area contributed by atoms with E-state index in [0.29, 0.717) is 17.7 Å². The first-order chi connectivity index (χ1) is 13.8. The van der Waals surface area contributed by atoms with Crippen LogP contribution in [0.15, 0.2) is 36.7 Å². The van der Waals surface area contributed by atoms with Gasteiger partial charge in [-0.3, -0.25) is 4.40 Å². The number of anilines is 1. The number of aromatic nitrogens is 4. The molecule has 2 saturated carbocycles. The molecule has 5 heteroatoms. The summed E-state index contributed by atoms with van der Waals surface area (Å²) in [5.74, 6) is 2.90. The van der Waals surface area contributed by atoms with Crippen molar-refractivity contribution in [1.29, 1.82) is 0 Å². The van der Waals surface area contributed by atoms with Gasteiger partial charge in [0.15, 0.2) is 0 Å². The van der Waals surface area contributed by atoms with Crippen LogP contribution in [0.2, 0.25) is 0 Å². The van der Waals surface area contributed by atoms with Crippen molar-refractivity contribution in [3.63, 3.8) is 0 Å². The topological polar surface area (TPSA) is 72.0 Å². The minimum atomic E-state index is 0.503. The van der Waals surface area contributed by atoms with Gasteiger partial charge in [0.2, 0.25) is 0 Å². The van der Waals surface area contributed by atoms with Crippen LogP contribution in [0.3, 0.4) is 0 Å². The molecular formula is C23H25N5. The Balaban J connectivity index is 1.56. The van der Waals surface area contributed by atoms with E-state index in [1.807, 2.05) is 6.20 Å². The van der Waals surface area contributed by atoms with Gasteiger partial charge < -0.3 is 10.7 Å². The predicted molar refractivity (Wildman–Crippen MR) is 112 cm³/mol. The zero-order valence-electron chi connectivity index (χ0n) is 16.0. The molecule has 0 radical (unpaired) electrons. The first-order valence-corrected chi connectivity index (χ1v) is 10.5. The summed E-state index contributed by atoms with van der Waals surface area (Å²) in [6.45, 7) is 0. The van der Waals surface area contributed by atoms with Crippen molar-refractivity contribution in [3.8, 4) is 11.4 Å². The Morgan fingerprint density at radius 3 is 2.71 bits per heavy atom. The van der Waals surface area contributed by atoms with Gasteiger partial charge in [0.05, 0.1) is 5.69 Å². The van der Waals surface area contributed by atoms with Crippen LogP contribution in [0, 0.1) is 0 Å². The van der Waals surface area contributed by atoms with Crippen LogP contribution in [0.5, 0.6) is 0 Å². The molecule has 3 N–H and O–H groups in total. The Labute approximate surface area is 164 Å². The van der Waals surface area contributed by atoms with Crippen molar-refractivity contribution >= 4 is 22.2 Å². The quantitative estimate of drug-likeness (QED) is 0.507. The Hall–Kier alpha value is -2.82. The molecule has 2 fully saturated rings. The maximum Gasteiger partial charge on any atom is 0.150 e. The van der Waals surface area contributed by atoms with E-state index < -0.39 is 0 Å². The molecule has 142 valence electrons. The Morgan fingerprint density at radius 1 is 1.04 bits per heavy atom. The van der Waals surface area contributed by atoms with Crippen molar-refractivity contribution < 1.29 is 0 Å². The standard InChI is InChI=1S/C23H25N5/c24-22-21-20(18-13-16-7-4-8-17(14-9-10-14)19(16)26-18)27-23(28(21)12-11-25-22)15-5-2-1-3-6-15/h4,7-8,11-15,26H,1-3,5-6,9-10H2,(H2,24,25). The second kappa shape index (κ2) is 6.09. The molecule has 2 aliphatic rings. The number of nitrogens with two attached hydrogens (primary N) is 1. The highest BCUT2D eigenvalue weighted by molar-refractivity contribution is 5.93. The molecule has 0 spiro atoms. The first-order valence-electron chi connectivity index (χ1n) is 10.5. The monoisotopic (exact) mass is 371 g/mol. The number of nitrogens with one attached hydrogen (secondary N) is 1. The summed E-state index contributed by atoms with van der Waals surface area (Å²) < 4.78 is 2.18. The first kappa shape index (κ1) is 16.2. The molecule has 28 heavy (non-hydrogen) atoms. The zero-order chi connectivity index (χ0) is 18.7. The second-order valence-corrected chi connectivity index (χ2v) is 8.45. The average molecular weight is 371 g/mol. The van der Waals surface area contributed by atoms with Crippen molar-refractivity contribution in [2.24, 2.45) is 0 Å². The molecule has 1 aromatic carbocycles. The number of H-pyrrole nitrogens is 1. The number of rotatable bonds is 3. The summed E-state index contributed by atoms with van der Waals surface area (Å²) >= 11 is 0. The van der Waals surface area contributed by atoms with E-state index in [1.54, 1.807) is 6.20 Å². The zero-order valence-corrected chi connectivity index (χ0v) is 16.0. The lowest BCUT2D eigenvalue weighted by atomic mass is 9.89. The fraction of sp³-hybridized carbons (Fsp3) is 0.391. The molecular weight excluding hydrogens is 346 g/mol. The van der Waals surface area contributed by atoms with Crippen LogP contribution in [0.1, 0.15) is 68.2 Å². The molecule has 0 bridgehead atoms. The number of nitrogen functional groups attached to an aromatic ring is 1. The SMILES string of the molecule is Nc1nccn2c(C3CCCCC3)nc(-c3cc4cccc(C5CC5)c4[nH]3)c12. The number of fused-ring (bicyclic) bond motifs is 2. The van der Waals surface area contributed by atoms with Crippen molar-refractivity contribution in [1.82, 2.24) is 19.4 Å². The van der Waals surface area contributed by atoms with Crippen molar-refractivity contribution in [3.05, 3.63) is 48.0 Å². The third-order valence-corrected chi connectivity index (χ3v) is 6.54. The van der Waals surface area contributed by atoms with Gasteiger partial charge in [-0.2, -0.15) is 0 Å². The van der Waals surface area contributed by atoms with Crippen LogP contribution in [0.25, 0.3) is 27.8 Å². The molecule has 0 amide bonds. The Kier molecular flexibility index (Phi) is 3.52. The van der Waals surface area contributed by atoms with Crippen LogP contribution < -0.4 is 5.73 Å². The molecule has 3 heterocycles. The third kappa shape index (κ3) is 2.45. The molecule has 2 aliphatic carbocycles. The fourth-order valence-electron chi connectivity index (χ4n) is 4.97. The molecule has 3 aromatic heterocycles. The predicted octanol–water partition coefficient (Wildman–Crippen LogP) is 5.38. The van der Waals surface area contributed by atoms with Gasteiger partial charge in [0, 0.05) is 29.2 Å². The summed E-state index contributed by atoms with van der Waals surface area (Å²) in [6, 6.07) is 8.83. The van der Waals surface area contributed by atoms with E-state index in [2.05, 4.69) is 38.6 Å². The molecule has 0 aliphatic heterocycles. The van der Waals surface area contributed by atoms with Gasteiger partial charge in [0.1, 0.15) is 22.9 Å². The van der Waals surface area contributed by atoms with E-state index in [9.17, 15) is 0 Å². The normalized spacial score (nSPS) is 18.3. The highest BCUT2D eigenvalue weighted by Gasteiger charge is 2.27. The van der Waals surface area contributed by atoms with Gasteiger partial charge >= 0.3 is 0 Å². The number of hydrogen-bond donors (Lipinski definition) is 2. The molecule has 0 saturated heterocycles. The summed E-state index contributed by atoms with van der Waals surface area (Å²) in [6.07, 6.45) is 12.7. The third-order valence-electron chi connectivity index (χ3n) is 6.54. The van der Waals surface area contributed by atoms with E-state index in [1.165, 1.54) is 61.4 Å². The van der Waals surface area contributed by atoms with E-state index in [-0.39, 0.29) is 0 Å². The smallest absolute Gasteiger partial charge is 0.150 e. The second-order valence-electron chi connectivity index (χ2n) is 8.45. The van der Waals surface area contributed by atoms with Crippen LogP contribution in [-0.2, 0) is 0 Å². The lowest BCUT2D eigenvalue weighted by Crippen LogP contribution is -2.09. The highest BCUT2D eigenvalue weighted by atomic mass is 15.1. The van der Waals surface area contributed by atoms with Gasteiger partial charge in [-0.1, -0.05) is 37.5 Å². The number of nitrogens with zero attached hydrogens (tertiary/aromatic N) is 3. The van der Waals surface area contributed by atoms with Crippen molar-refractivity contribution in [2.45, 2.75) is 56.8 Å². The van der Waals surface area contributed by atoms with E-state index in [4.69, 9.17) is 10.7 Å². The fourth-order valence-corrected chi connectivity index (χ4v) is 4.97. The molecule has 0 atom stereocenters. The summed E-state index contributed by atoms with van der Waals surface area (Å²) in [5, 5.41) is 1.25. The van der Waals surface area contributed by atoms with E-state index in [0.717, 1.165) is 22.7 Å². The maximum absolute atomic E-state index is 6.33. The van der Waals surface area contributed by atoms with E-state index >= 15 is 0 Å². The van der Waals surface area contributed by atoms with Gasteiger partial charge in [-0.15, -0.1) is 0 Å². The minimum Gasteiger partial charge on any atom is -0.382 e. The number of aromatic amines is 1. The summed E-state index contributed by atoms with van der Waals surface area (Å²) in [7, 11) is 0. The van der Waals surface area contributed by atoms with Crippen molar-refractivity contribution in [2.75, 3.05) is 5.73 Å². The molecule has 6 rings (SSSR count). The number of para-hydroxylation sites is 1. The lowest BCUT2D eigenvalue weighted by Gasteiger charge is -2.20. The van der Waals surface area contributed by atoms with Crippen LogP contribution >= 0.6 is 0 Å². The average Bonchev–Trinajstić information content (AvgIpc) is 3.35. The molecule has 4 aromatic rings. The highest BCUT2D eigenvalue weighted by Crippen LogP contribution is 2.44. The number of imidazole rings is 1. The Bertz CT molecular complexity index is 1170. The minimum absolute atomic E-state index is 0.503. The van der Waals surface area contributed by atoms with Gasteiger partial charge in [-0.25, -0.2) is 9.97 Å². The summed E-state index contributed by atoms with van der Waals surface area (Å²) in [5.41, 5.74) is 11.9. The summed E-state index contributed by atoms with van der Waals surface area (Å²) in [4.78, 5) is 13.2. The lowest BCUT2D eigenvalue weighted by molar-refractivity contribution is 0.428. The Morgan fingerprint density at radius 2 is 1.89 bits per heavy atom. The largest absolute Gasteiger partial charge is 0.382 e. The number of benzene rings is 1. The molecule has 5 nitrogen and oxygen atoms in total. The van der Waals surface area contributed by atoms with Gasteiger partial charge in [0.25, 0.3) is 0 Å².